The van der Waals surface area contributed by atoms with Crippen molar-refractivity contribution in [3.8, 4) is 17.2 Å². The van der Waals surface area contributed by atoms with Crippen molar-refractivity contribution in [2.24, 2.45) is 0 Å². The van der Waals surface area contributed by atoms with E-state index in [1.54, 1.807) is 12.1 Å². The SMILES string of the molecule is CCOc1cc(N2CCOCC2)c(OCC)cc1NC(=O)COc1ccc(Br)cc1. The Balaban J connectivity index is 1.76. The summed E-state index contributed by atoms with van der Waals surface area (Å²) in [6, 6.07) is 11.1. The quantitative estimate of drug-likeness (QED) is 0.584. The van der Waals surface area contributed by atoms with E-state index in [1.807, 2.05) is 38.1 Å². The maximum absolute atomic E-state index is 12.5. The third-order valence-corrected chi connectivity index (χ3v) is 5.00. The smallest absolute Gasteiger partial charge is 0.262 e. The van der Waals surface area contributed by atoms with Crippen molar-refractivity contribution < 1.29 is 23.7 Å². The van der Waals surface area contributed by atoms with E-state index in [0.717, 1.165) is 23.2 Å². The zero-order valence-electron chi connectivity index (χ0n) is 17.3. The fourth-order valence-corrected chi connectivity index (χ4v) is 3.37. The minimum Gasteiger partial charge on any atom is -0.492 e. The van der Waals surface area contributed by atoms with E-state index < -0.39 is 0 Å². The molecule has 30 heavy (non-hydrogen) atoms. The fraction of sp³-hybridized carbons (Fsp3) is 0.409. The first-order valence-electron chi connectivity index (χ1n) is 10.0. The predicted octanol–water partition coefficient (Wildman–Crippen LogP) is 4.10. The highest BCUT2D eigenvalue weighted by Gasteiger charge is 2.20. The number of morpholine rings is 1. The van der Waals surface area contributed by atoms with Crippen LogP contribution in [0.15, 0.2) is 40.9 Å². The highest BCUT2D eigenvalue weighted by Crippen LogP contribution is 2.39. The molecule has 0 bridgehead atoms. The lowest BCUT2D eigenvalue weighted by Gasteiger charge is -2.31. The number of rotatable bonds is 9. The Labute approximate surface area is 185 Å². The number of amides is 1. The lowest BCUT2D eigenvalue weighted by Crippen LogP contribution is -2.36. The summed E-state index contributed by atoms with van der Waals surface area (Å²) in [5.74, 6) is 1.64. The molecular weight excluding hydrogens is 452 g/mol. The summed E-state index contributed by atoms with van der Waals surface area (Å²) >= 11 is 3.38. The van der Waals surface area contributed by atoms with Gasteiger partial charge in [-0.3, -0.25) is 4.79 Å². The normalized spacial score (nSPS) is 13.6. The molecule has 7 nitrogen and oxygen atoms in total. The van der Waals surface area contributed by atoms with Gasteiger partial charge in [0, 0.05) is 29.7 Å². The van der Waals surface area contributed by atoms with E-state index in [2.05, 4.69) is 26.1 Å². The highest BCUT2D eigenvalue weighted by atomic mass is 79.9. The molecule has 1 N–H and O–H groups in total. The van der Waals surface area contributed by atoms with E-state index in [1.165, 1.54) is 0 Å². The van der Waals surface area contributed by atoms with Gasteiger partial charge >= 0.3 is 0 Å². The molecule has 0 radical (unpaired) electrons. The zero-order chi connectivity index (χ0) is 21.3. The molecule has 1 aliphatic rings. The van der Waals surface area contributed by atoms with Crippen LogP contribution in [0.4, 0.5) is 11.4 Å². The number of nitrogens with zero attached hydrogens (tertiary/aromatic N) is 1. The second-order valence-corrected chi connectivity index (χ2v) is 7.49. The number of carbonyl (C=O) groups excluding carboxylic acids is 1. The van der Waals surface area contributed by atoms with Crippen molar-refractivity contribution in [1.82, 2.24) is 0 Å². The van der Waals surface area contributed by atoms with Crippen LogP contribution >= 0.6 is 15.9 Å². The van der Waals surface area contributed by atoms with Gasteiger partial charge in [0.15, 0.2) is 6.61 Å². The fourth-order valence-electron chi connectivity index (χ4n) is 3.11. The standard InChI is InChI=1S/C22H27BrN2O5/c1-3-28-20-14-19(25-9-11-27-12-10-25)21(29-4-2)13-18(20)24-22(26)15-30-17-7-5-16(23)6-8-17/h5-8,13-14H,3-4,9-12,15H2,1-2H3,(H,24,26). The Hall–Kier alpha value is -2.45. The predicted molar refractivity (Wildman–Crippen MR) is 120 cm³/mol. The number of halogens is 1. The summed E-state index contributed by atoms with van der Waals surface area (Å²) in [5, 5.41) is 2.88. The second-order valence-electron chi connectivity index (χ2n) is 6.57. The second kappa shape index (κ2) is 11.1. The van der Waals surface area contributed by atoms with Crippen LogP contribution in [0.25, 0.3) is 0 Å². The van der Waals surface area contributed by atoms with Gasteiger partial charge in [0.05, 0.1) is 37.8 Å². The third kappa shape index (κ3) is 6.03. The molecule has 0 spiro atoms. The maximum Gasteiger partial charge on any atom is 0.262 e. The van der Waals surface area contributed by atoms with E-state index in [-0.39, 0.29) is 12.5 Å². The van der Waals surface area contributed by atoms with Crippen LogP contribution in [0.5, 0.6) is 17.2 Å². The molecule has 8 heteroatoms. The molecule has 2 aromatic rings. The molecule has 1 fully saturated rings. The number of ether oxygens (including phenoxy) is 4. The van der Waals surface area contributed by atoms with E-state index in [4.69, 9.17) is 18.9 Å². The lowest BCUT2D eigenvalue weighted by atomic mass is 10.2. The topological polar surface area (TPSA) is 69.3 Å². The summed E-state index contributed by atoms with van der Waals surface area (Å²) in [7, 11) is 0. The Bertz CT molecular complexity index is 838. The molecule has 1 aliphatic heterocycles. The molecule has 3 rings (SSSR count). The highest BCUT2D eigenvalue weighted by molar-refractivity contribution is 9.10. The van der Waals surface area contributed by atoms with Gasteiger partial charge in [-0.25, -0.2) is 0 Å². The Kier molecular flexibility index (Phi) is 8.21. The molecular formula is C22H27BrN2O5. The van der Waals surface area contributed by atoms with Crippen LogP contribution in [0.3, 0.4) is 0 Å². The largest absolute Gasteiger partial charge is 0.492 e. The molecule has 0 unspecified atom stereocenters. The summed E-state index contributed by atoms with van der Waals surface area (Å²) < 4.78 is 23.6. The Morgan fingerprint density at radius 2 is 1.70 bits per heavy atom. The van der Waals surface area contributed by atoms with Crippen LogP contribution in [0.2, 0.25) is 0 Å². The molecule has 0 saturated carbocycles. The van der Waals surface area contributed by atoms with E-state index in [9.17, 15) is 4.79 Å². The van der Waals surface area contributed by atoms with Gasteiger partial charge in [-0.2, -0.15) is 0 Å². The Morgan fingerprint density at radius 1 is 1.03 bits per heavy atom. The van der Waals surface area contributed by atoms with Gasteiger partial charge in [0.25, 0.3) is 5.91 Å². The molecule has 2 aromatic carbocycles. The summed E-state index contributed by atoms with van der Waals surface area (Å²) in [4.78, 5) is 14.7. The molecule has 1 saturated heterocycles. The van der Waals surface area contributed by atoms with E-state index in [0.29, 0.717) is 49.4 Å². The first-order valence-corrected chi connectivity index (χ1v) is 10.8. The molecule has 0 aromatic heterocycles. The Morgan fingerprint density at radius 3 is 2.37 bits per heavy atom. The van der Waals surface area contributed by atoms with Gasteiger partial charge in [-0.05, 0) is 38.1 Å². The number of hydrogen-bond donors (Lipinski definition) is 1. The third-order valence-electron chi connectivity index (χ3n) is 4.47. The van der Waals surface area contributed by atoms with Crippen molar-refractivity contribution in [2.45, 2.75) is 13.8 Å². The van der Waals surface area contributed by atoms with Crippen molar-refractivity contribution in [1.29, 1.82) is 0 Å². The number of carbonyl (C=O) groups is 1. The van der Waals surface area contributed by atoms with Gasteiger partial charge in [-0.1, -0.05) is 15.9 Å². The molecule has 1 amide bonds. The van der Waals surface area contributed by atoms with Crippen molar-refractivity contribution in [3.05, 3.63) is 40.9 Å². The van der Waals surface area contributed by atoms with E-state index >= 15 is 0 Å². The van der Waals surface area contributed by atoms with Crippen molar-refractivity contribution in [2.75, 3.05) is 56.3 Å². The minimum atomic E-state index is -0.277. The summed E-state index contributed by atoms with van der Waals surface area (Å²) in [6.45, 7) is 7.62. The van der Waals surface area contributed by atoms with Gasteiger partial charge < -0.3 is 29.2 Å². The van der Waals surface area contributed by atoms with Crippen LogP contribution in [0, 0.1) is 0 Å². The van der Waals surface area contributed by atoms with Crippen LogP contribution < -0.4 is 24.4 Å². The zero-order valence-corrected chi connectivity index (χ0v) is 18.9. The summed E-state index contributed by atoms with van der Waals surface area (Å²) in [5.41, 5.74) is 1.49. The average molecular weight is 479 g/mol. The van der Waals surface area contributed by atoms with Gasteiger partial charge in [0.2, 0.25) is 0 Å². The summed E-state index contributed by atoms with van der Waals surface area (Å²) in [6.07, 6.45) is 0. The first kappa shape index (κ1) is 22.2. The maximum atomic E-state index is 12.5. The number of benzene rings is 2. The average Bonchev–Trinajstić information content (AvgIpc) is 2.76. The molecule has 1 heterocycles. The van der Waals surface area contributed by atoms with Crippen molar-refractivity contribution >= 4 is 33.2 Å². The van der Waals surface area contributed by atoms with Crippen LogP contribution in [-0.2, 0) is 9.53 Å². The molecule has 162 valence electrons. The molecule has 0 aliphatic carbocycles. The number of nitrogens with one attached hydrogen (secondary N) is 1. The van der Waals surface area contributed by atoms with Gasteiger partial charge in [0.1, 0.15) is 17.2 Å². The van der Waals surface area contributed by atoms with Crippen molar-refractivity contribution in [3.63, 3.8) is 0 Å². The monoisotopic (exact) mass is 478 g/mol. The lowest BCUT2D eigenvalue weighted by molar-refractivity contribution is -0.118. The molecule has 0 atom stereocenters. The van der Waals surface area contributed by atoms with Crippen LogP contribution in [0.1, 0.15) is 13.8 Å². The van der Waals surface area contributed by atoms with Crippen LogP contribution in [-0.4, -0.2) is 52.0 Å². The number of hydrogen-bond acceptors (Lipinski definition) is 6. The first-order chi connectivity index (χ1) is 14.6. The minimum absolute atomic E-state index is 0.109. The number of anilines is 2. The van der Waals surface area contributed by atoms with Gasteiger partial charge in [-0.15, -0.1) is 0 Å².